The van der Waals surface area contributed by atoms with Crippen molar-refractivity contribution in [3.8, 4) is 0 Å². The summed E-state index contributed by atoms with van der Waals surface area (Å²) in [4.78, 5) is 4.39. The fourth-order valence-corrected chi connectivity index (χ4v) is 2.21. The lowest BCUT2D eigenvalue weighted by molar-refractivity contribution is 0.739. The van der Waals surface area contributed by atoms with E-state index in [4.69, 9.17) is 0 Å². The van der Waals surface area contributed by atoms with Gasteiger partial charge in [0.1, 0.15) is 0 Å². The lowest BCUT2D eigenvalue weighted by Crippen LogP contribution is -2.21. The number of halogens is 1. The number of pyridine rings is 1. The summed E-state index contributed by atoms with van der Waals surface area (Å²) in [5, 5.41) is 7.92. The van der Waals surface area contributed by atoms with Gasteiger partial charge in [-0.15, -0.1) is 0 Å². The molecule has 2 aromatic rings. The van der Waals surface area contributed by atoms with Crippen LogP contribution in [0.3, 0.4) is 0 Å². The molecule has 3 nitrogen and oxygen atoms in total. The molecule has 2 N–H and O–H groups in total. The van der Waals surface area contributed by atoms with Crippen molar-refractivity contribution in [3.05, 3.63) is 34.0 Å². The van der Waals surface area contributed by atoms with Crippen molar-refractivity contribution < 1.29 is 0 Å². The molecule has 4 heteroatoms. The molecule has 0 unspecified atom stereocenters. The Morgan fingerprint density at radius 1 is 1.24 bits per heavy atom. The van der Waals surface area contributed by atoms with Gasteiger partial charge in [-0.2, -0.15) is 0 Å². The average molecular weight is 341 g/mol. The molecule has 0 amide bonds. The van der Waals surface area contributed by atoms with Gasteiger partial charge >= 0.3 is 0 Å². The molecule has 2 rings (SSSR count). The Morgan fingerprint density at radius 2 is 2.12 bits per heavy atom. The molecular formula is C13H16IN3. The number of aromatic nitrogens is 1. The fraction of sp³-hybridized carbons (Fsp3) is 0.308. The first-order chi connectivity index (χ1) is 8.31. The summed E-state index contributed by atoms with van der Waals surface area (Å²) in [6.07, 6.45) is 1.86. The minimum absolute atomic E-state index is 0.930. The SMILES string of the molecule is CCNCCNc1ccnc2cc(I)ccc12. The minimum Gasteiger partial charge on any atom is -0.383 e. The Hall–Kier alpha value is -0.880. The third-order valence-corrected chi connectivity index (χ3v) is 3.24. The number of nitrogens with zero attached hydrogens (tertiary/aromatic N) is 1. The molecule has 90 valence electrons. The number of benzene rings is 1. The van der Waals surface area contributed by atoms with E-state index >= 15 is 0 Å². The van der Waals surface area contributed by atoms with Gasteiger partial charge in [0.25, 0.3) is 0 Å². The van der Waals surface area contributed by atoms with Crippen molar-refractivity contribution in [1.29, 1.82) is 0 Å². The van der Waals surface area contributed by atoms with Gasteiger partial charge in [-0.1, -0.05) is 6.92 Å². The first-order valence-corrected chi connectivity index (χ1v) is 6.88. The second kappa shape index (κ2) is 6.16. The Kier molecular flexibility index (Phi) is 4.56. The summed E-state index contributed by atoms with van der Waals surface area (Å²) in [6.45, 7) is 5.03. The smallest absolute Gasteiger partial charge is 0.0733 e. The first-order valence-electron chi connectivity index (χ1n) is 5.80. The topological polar surface area (TPSA) is 37.0 Å². The maximum Gasteiger partial charge on any atom is 0.0733 e. The maximum atomic E-state index is 4.39. The van der Waals surface area contributed by atoms with Crippen molar-refractivity contribution in [1.82, 2.24) is 10.3 Å². The van der Waals surface area contributed by atoms with Crippen molar-refractivity contribution in [2.45, 2.75) is 6.92 Å². The average Bonchev–Trinajstić information content (AvgIpc) is 2.34. The number of likely N-dealkylation sites (N-methyl/N-ethyl adjacent to an activating group) is 1. The Bertz CT molecular complexity index is 499. The van der Waals surface area contributed by atoms with Crippen LogP contribution in [0.5, 0.6) is 0 Å². The Labute approximate surface area is 115 Å². The molecule has 0 aliphatic rings. The fourth-order valence-electron chi connectivity index (χ4n) is 1.74. The molecule has 0 radical (unpaired) electrons. The highest BCUT2D eigenvalue weighted by Gasteiger charge is 2.01. The van der Waals surface area contributed by atoms with E-state index in [9.17, 15) is 0 Å². The first kappa shape index (κ1) is 12.6. The zero-order valence-corrected chi connectivity index (χ0v) is 12.0. The van der Waals surface area contributed by atoms with Crippen LogP contribution in [-0.4, -0.2) is 24.6 Å². The number of rotatable bonds is 5. The molecule has 0 aliphatic carbocycles. The molecule has 0 aliphatic heterocycles. The molecule has 0 bridgehead atoms. The van der Waals surface area contributed by atoms with Gasteiger partial charge in [0.15, 0.2) is 0 Å². The van der Waals surface area contributed by atoms with Gasteiger partial charge < -0.3 is 10.6 Å². The van der Waals surface area contributed by atoms with Gasteiger partial charge in [-0.25, -0.2) is 0 Å². The van der Waals surface area contributed by atoms with E-state index in [1.54, 1.807) is 0 Å². The predicted molar refractivity (Wildman–Crippen MR) is 81.5 cm³/mol. The van der Waals surface area contributed by atoms with E-state index in [1.165, 1.54) is 8.96 Å². The number of fused-ring (bicyclic) bond motifs is 1. The third-order valence-electron chi connectivity index (χ3n) is 2.57. The lowest BCUT2D eigenvalue weighted by atomic mass is 10.2. The number of hydrogen-bond acceptors (Lipinski definition) is 3. The molecule has 17 heavy (non-hydrogen) atoms. The van der Waals surface area contributed by atoms with Gasteiger partial charge in [-0.3, -0.25) is 4.98 Å². The quantitative estimate of drug-likeness (QED) is 0.649. The summed E-state index contributed by atoms with van der Waals surface area (Å²) < 4.78 is 1.22. The number of hydrogen-bond donors (Lipinski definition) is 2. The molecule has 0 atom stereocenters. The summed E-state index contributed by atoms with van der Waals surface area (Å²) in [5.74, 6) is 0. The number of nitrogens with one attached hydrogen (secondary N) is 2. The highest BCUT2D eigenvalue weighted by Crippen LogP contribution is 2.22. The van der Waals surface area contributed by atoms with Crippen LogP contribution in [0.15, 0.2) is 30.5 Å². The molecule has 1 aromatic carbocycles. The summed E-state index contributed by atoms with van der Waals surface area (Å²) >= 11 is 2.31. The molecule has 1 aromatic heterocycles. The van der Waals surface area contributed by atoms with Crippen LogP contribution in [0.1, 0.15) is 6.92 Å². The predicted octanol–water partition coefficient (Wildman–Crippen LogP) is 2.86. The summed E-state index contributed by atoms with van der Waals surface area (Å²) in [5.41, 5.74) is 2.20. The van der Waals surface area contributed by atoms with E-state index in [1.807, 2.05) is 12.3 Å². The molecule has 0 saturated carbocycles. The second-order valence-electron chi connectivity index (χ2n) is 3.80. The van der Waals surface area contributed by atoms with Crippen molar-refractivity contribution in [3.63, 3.8) is 0 Å². The van der Waals surface area contributed by atoms with Crippen LogP contribution in [-0.2, 0) is 0 Å². The van der Waals surface area contributed by atoms with Gasteiger partial charge in [-0.05, 0) is 53.4 Å². The van der Waals surface area contributed by atoms with Crippen LogP contribution < -0.4 is 10.6 Å². The van der Waals surface area contributed by atoms with Crippen LogP contribution in [0.25, 0.3) is 10.9 Å². The molecular weight excluding hydrogens is 325 g/mol. The highest BCUT2D eigenvalue weighted by atomic mass is 127. The zero-order chi connectivity index (χ0) is 12.1. The summed E-state index contributed by atoms with van der Waals surface area (Å²) in [7, 11) is 0. The largest absolute Gasteiger partial charge is 0.383 e. The van der Waals surface area contributed by atoms with E-state index in [0.29, 0.717) is 0 Å². The van der Waals surface area contributed by atoms with Crippen LogP contribution in [0.2, 0.25) is 0 Å². The molecule has 0 saturated heterocycles. The molecule has 0 fully saturated rings. The van der Waals surface area contributed by atoms with Crippen molar-refractivity contribution in [2.75, 3.05) is 25.0 Å². The van der Waals surface area contributed by atoms with Crippen LogP contribution in [0.4, 0.5) is 5.69 Å². The van der Waals surface area contributed by atoms with E-state index in [0.717, 1.165) is 30.8 Å². The Balaban J connectivity index is 2.16. The minimum atomic E-state index is 0.930. The zero-order valence-electron chi connectivity index (χ0n) is 9.83. The van der Waals surface area contributed by atoms with Gasteiger partial charge in [0, 0.05) is 33.9 Å². The van der Waals surface area contributed by atoms with E-state index in [-0.39, 0.29) is 0 Å². The standard InChI is InChI=1S/C13H16IN3/c1-2-15-7-8-17-12-5-6-16-13-9-10(14)3-4-11(12)13/h3-6,9,15H,2,7-8H2,1H3,(H,16,17). The van der Waals surface area contributed by atoms with E-state index in [2.05, 4.69) is 63.3 Å². The normalized spacial score (nSPS) is 10.7. The van der Waals surface area contributed by atoms with Crippen molar-refractivity contribution in [2.24, 2.45) is 0 Å². The van der Waals surface area contributed by atoms with Crippen LogP contribution >= 0.6 is 22.6 Å². The summed E-state index contributed by atoms with van der Waals surface area (Å²) in [6, 6.07) is 8.37. The second-order valence-corrected chi connectivity index (χ2v) is 5.05. The molecule has 1 heterocycles. The van der Waals surface area contributed by atoms with Gasteiger partial charge in [0.2, 0.25) is 0 Å². The maximum absolute atomic E-state index is 4.39. The third kappa shape index (κ3) is 3.29. The number of anilines is 1. The Morgan fingerprint density at radius 3 is 2.94 bits per heavy atom. The van der Waals surface area contributed by atoms with Crippen LogP contribution in [0, 0.1) is 3.57 Å². The highest BCUT2D eigenvalue weighted by molar-refractivity contribution is 14.1. The molecule has 0 spiro atoms. The van der Waals surface area contributed by atoms with Crippen molar-refractivity contribution >= 4 is 39.2 Å². The lowest BCUT2D eigenvalue weighted by Gasteiger charge is -2.09. The van der Waals surface area contributed by atoms with Gasteiger partial charge in [0.05, 0.1) is 5.52 Å². The monoisotopic (exact) mass is 341 g/mol. The van der Waals surface area contributed by atoms with E-state index < -0.39 is 0 Å².